The molecular weight excluding hydrogens is 482 g/mol. The summed E-state index contributed by atoms with van der Waals surface area (Å²) in [5, 5.41) is 2.71. The first-order valence-electron chi connectivity index (χ1n) is 9.40. The Labute approximate surface area is 189 Å². The highest BCUT2D eigenvalue weighted by Gasteiger charge is 2.22. The van der Waals surface area contributed by atoms with Crippen LogP contribution in [0.2, 0.25) is 0 Å². The number of nitrogens with one attached hydrogen (secondary N) is 3. The van der Waals surface area contributed by atoms with E-state index in [9.17, 15) is 18.0 Å². The molecule has 0 bridgehead atoms. The van der Waals surface area contributed by atoms with Gasteiger partial charge >= 0.3 is 0 Å². The van der Waals surface area contributed by atoms with Gasteiger partial charge in [0.05, 0.1) is 4.90 Å². The number of rotatable bonds is 6. The van der Waals surface area contributed by atoms with Crippen LogP contribution in [0.25, 0.3) is 0 Å². The van der Waals surface area contributed by atoms with Crippen LogP contribution in [0.3, 0.4) is 0 Å². The van der Waals surface area contributed by atoms with Crippen LogP contribution in [0.4, 0.5) is 11.4 Å². The number of carbonyl (C=O) groups is 2. The summed E-state index contributed by atoms with van der Waals surface area (Å²) in [4.78, 5) is 27.6. The number of halogens is 1. The minimum Gasteiger partial charge on any atom is -0.354 e. The van der Waals surface area contributed by atoms with Crippen molar-refractivity contribution in [3.63, 3.8) is 0 Å². The van der Waals surface area contributed by atoms with E-state index in [0.717, 1.165) is 4.47 Å². The Hall–Kier alpha value is -2.91. The number of amides is 1. The molecule has 0 aliphatic carbocycles. The number of anilines is 2. The molecule has 0 aliphatic heterocycles. The molecule has 31 heavy (non-hydrogen) atoms. The summed E-state index contributed by atoms with van der Waals surface area (Å²) in [6.45, 7) is 6.55. The van der Waals surface area contributed by atoms with Crippen molar-refractivity contribution in [2.45, 2.75) is 32.6 Å². The van der Waals surface area contributed by atoms with Crippen molar-refractivity contribution in [1.82, 2.24) is 4.98 Å². The van der Waals surface area contributed by atoms with Crippen LogP contribution in [0, 0.1) is 20.8 Å². The lowest BCUT2D eigenvalue weighted by Gasteiger charge is -2.13. The highest BCUT2D eigenvalue weighted by Crippen LogP contribution is 2.25. The van der Waals surface area contributed by atoms with Gasteiger partial charge in [-0.2, -0.15) is 0 Å². The lowest BCUT2D eigenvalue weighted by molar-refractivity contribution is 0.101. The first-order valence-corrected chi connectivity index (χ1v) is 11.7. The summed E-state index contributed by atoms with van der Waals surface area (Å²) in [6, 6.07) is 11.4. The van der Waals surface area contributed by atoms with E-state index in [2.05, 4.69) is 31.0 Å². The molecule has 3 aromatic rings. The van der Waals surface area contributed by atoms with Gasteiger partial charge in [-0.15, -0.1) is 0 Å². The second-order valence-electron chi connectivity index (χ2n) is 7.23. The van der Waals surface area contributed by atoms with Gasteiger partial charge in [0.25, 0.3) is 15.9 Å². The molecule has 3 N–H and O–H groups in total. The van der Waals surface area contributed by atoms with E-state index in [-0.39, 0.29) is 16.4 Å². The van der Waals surface area contributed by atoms with Crippen LogP contribution in [-0.4, -0.2) is 25.1 Å². The molecule has 0 saturated heterocycles. The Bertz CT molecular complexity index is 1280. The number of carbonyl (C=O) groups excluding carboxylic acids is 2. The maximum absolute atomic E-state index is 12.9. The fourth-order valence-electron chi connectivity index (χ4n) is 3.39. The molecular formula is C22H22BrN3O4S. The minimum atomic E-state index is -3.87. The summed E-state index contributed by atoms with van der Waals surface area (Å²) in [6.07, 6.45) is 0. The molecule has 0 atom stereocenters. The van der Waals surface area contributed by atoms with Crippen molar-refractivity contribution in [3.05, 3.63) is 75.0 Å². The van der Waals surface area contributed by atoms with Crippen molar-refractivity contribution in [3.8, 4) is 0 Å². The van der Waals surface area contributed by atoms with Gasteiger partial charge in [-0.05, 0) is 75.2 Å². The van der Waals surface area contributed by atoms with Crippen LogP contribution >= 0.6 is 15.9 Å². The predicted molar refractivity (Wildman–Crippen MR) is 124 cm³/mol. The number of aryl methyl sites for hydroxylation is 2. The van der Waals surface area contributed by atoms with E-state index in [1.165, 1.54) is 13.0 Å². The Balaban J connectivity index is 1.89. The average Bonchev–Trinajstić information content (AvgIpc) is 2.99. The molecule has 1 aromatic heterocycles. The monoisotopic (exact) mass is 503 g/mol. The van der Waals surface area contributed by atoms with Gasteiger partial charge in [-0.3, -0.25) is 14.3 Å². The number of H-pyrrole nitrogens is 1. The number of Topliss-reactive ketones (excluding diaryl/α,β-unsaturated/α-hetero) is 1. The number of aromatic amines is 1. The van der Waals surface area contributed by atoms with Gasteiger partial charge in [0, 0.05) is 27.1 Å². The second kappa shape index (κ2) is 8.68. The Morgan fingerprint density at radius 1 is 0.968 bits per heavy atom. The fourth-order valence-corrected chi connectivity index (χ4v) is 4.99. The van der Waals surface area contributed by atoms with E-state index < -0.39 is 15.9 Å². The van der Waals surface area contributed by atoms with Crippen molar-refractivity contribution in [2.24, 2.45) is 0 Å². The number of hydrogen-bond acceptors (Lipinski definition) is 4. The largest absolute Gasteiger partial charge is 0.354 e. The summed E-state index contributed by atoms with van der Waals surface area (Å²) in [5.41, 5.74) is 3.19. The number of sulfonamides is 1. The van der Waals surface area contributed by atoms with E-state index >= 15 is 0 Å². The van der Waals surface area contributed by atoms with Crippen LogP contribution in [-0.2, 0) is 10.0 Å². The molecule has 0 aliphatic rings. The van der Waals surface area contributed by atoms with Gasteiger partial charge in [-0.1, -0.05) is 22.0 Å². The van der Waals surface area contributed by atoms with E-state index in [0.29, 0.717) is 33.8 Å². The van der Waals surface area contributed by atoms with Gasteiger partial charge in [0.2, 0.25) is 0 Å². The highest BCUT2D eigenvalue weighted by molar-refractivity contribution is 9.10. The Morgan fingerprint density at radius 3 is 2.16 bits per heavy atom. The third kappa shape index (κ3) is 4.88. The van der Waals surface area contributed by atoms with Crippen LogP contribution in [0.1, 0.15) is 44.6 Å². The standard InChI is InChI=1S/C22H22BrN3O4S/c1-12-5-8-18(25-22(28)21-13(2)20(15(4)27)14(3)24-21)11-19(12)31(29,30)26-17-9-6-16(23)7-10-17/h5-11,24,26H,1-4H3,(H,25,28). The molecule has 0 saturated carbocycles. The Morgan fingerprint density at radius 2 is 1.58 bits per heavy atom. The van der Waals surface area contributed by atoms with Crippen LogP contribution in [0.15, 0.2) is 51.8 Å². The Kier molecular flexibility index (Phi) is 6.38. The summed E-state index contributed by atoms with van der Waals surface area (Å²) >= 11 is 3.31. The molecule has 7 nitrogen and oxygen atoms in total. The number of benzene rings is 2. The number of hydrogen-bond donors (Lipinski definition) is 3. The van der Waals surface area contributed by atoms with Crippen molar-refractivity contribution in [2.75, 3.05) is 10.0 Å². The lowest BCUT2D eigenvalue weighted by atomic mass is 10.1. The zero-order valence-corrected chi connectivity index (χ0v) is 19.9. The second-order valence-corrected chi connectivity index (χ2v) is 9.79. The molecule has 0 spiro atoms. The first kappa shape index (κ1) is 22.8. The van der Waals surface area contributed by atoms with Crippen LogP contribution in [0.5, 0.6) is 0 Å². The average molecular weight is 504 g/mol. The van der Waals surface area contributed by atoms with Crippen molar-refractivity contribution < 1.29 is 18.0 Å². The third-order valence-corrected chi connectivity index (χ3v) is 6.90. The topological polar surface area (TPSA) is 108 Å². The summed E-state index contributed by atoms with van der Waals surface area (Å²) in [7, 11) is -3.87. The van der Waals surface area contributed by atoms with E-state index in [1.54, 1.807) is 57.2 Å². The fraction of sp³-hybridized carbons (Fsp3) is 0.182. The highest BCUT2D eigenvalue weighted by atomic mass is 79.9. The molecule has 1 amide bonds. The zero-order valence-electron chi connectivity index (χ0n) is 17.5. The van der Waals surface area contributed by atoms with Crippen molar-refractivity contribution >= 4 is 49.0 Å². The van der Waals surface area contributed by atoms with Crippen LogP contribution < -0.4 is 10.0 Å². The third-order valence-electron chi connectivity index (χ3n) is 4.85. The zero-order chi connectivity index (χ0) is 22.9. The van der Waals surface area contributed by atoms with E-state index in [1.807, 2.05) is 0 Å². The van der Waals surface area contributed by atoms with Gasteiger partial charge in [0.1, 0.15) is 5.69 Å². The maximum Gasteiger partial charge on any atom is 0.272 e. The maximum atomic E-state index is 12.9. The molecule has 0 unspecified atom stereocenters. The number of aromatic nitrogens is 1. The molecule has 9 heteroatoms. The normalized spacial score (nSPS) is 11.3. The lowest BCUT2D eigenvalue weighted by Crippen LogP contribution is -2.17. The predicted octanol–water partition coefficient (Wildman–Crippen LogP) is 4.96. The molecule has 2 aromatic carbocycles. The smallest absolute Gasteiger partial charge is 0.272 e. The van der Waals surface area contributed by atoms with Gasteiger partial charge in [0.15, 0.2) is 5.78 Å². The molecule has 3 rings (SSSR count). The molecule has 1 heterocycles. The SMILES string of the molecule is CC(=O)c1c(C)[nH]c(C(=O)Nc2ccc(C)c(S(=O)(=O)Nc3ccc(Br)cc3)c2)c1C. The van der Waals surface area contributed by atoms with Gasteiger partial charge in [-0.25, -0.2) is 8.42 Å². The quantitative estimate of drug-likeness (QED) is 0.413. The number of ketones is 1. The molecule has 162 valence electrons. The molecule has 0 radical (unpaired) electrons. The summed E-state index contributed by atoms with van der Waals surface area (Å²) < 4.78 is 29.2. The van der Waals surface area contributed by atoms with Crippen molar-refractivity contribution in [1.29, 1.82) is 0 Å². The summed E-state index contributed by atoms with van der Waals surface area (Å²) in [5.74, 6) is -0.589. The van der Waals surface area contributed by atoms with E-state index in [4.69, 9.17) is 0 Å². The molecule has 0 fully saturated rings. The van der Waals surface area contributed by atoms with Gasteiger partial charge < -0.3 is 10.3 Å². The first-order chi connectivity index (χ1) is 14.5. The minimum absolute atomic E-state index is 0.0528.